The van der Waals surface area contributed by atoms with Crippen molar-refractivity contribution < 1.29 is 14.2 Å². The van der Waals surface area contributed by atoms with Gasteiger partial charge in [0.1, 0.15) is 11.9 Å². The summed E-state index contributed by atoms with van der Waals surface area (Å²) in [5.74, 6) is 1.09. The normalized spacial score (nSPS) is 20.8. The highest BCUT2D eigenvalue weighted by atomic mass is 19.1. The number of anilines is 1. The number of aromatic nitrogens is 4. The second-order valence-electron chi connectivity index (χ2n) is 8.30. The van der Waals surface area contributed by atoms with Crippen LogP contribution in [0.3, 0.4) is 0 Å². The lowest BCUT2D eigenvalue weighted by molar-refractivity contribution is 0.257. The molecule has 1 aliphatic carbocycles. The number of nitrogens with one attached hydrogen (secondary N) is 1. The third-order valence-corrected chi connectivity index (χ3v) is 6.30. The Morgan fingerprint density at radius 2 is 1.94 bits per heavy atom. The highest BCUT2D eigenvalue weighted by Crippen LogP contribution is 2.33. The molecule has 33 heavy (non-hydrogen) atoms. The van der Waals surface area contributed by atoms with Crippen LogP contribution in [0.15, 0.2) is 42.7 Å². The van der Waals surface area contributed by atoms with Crippen LogP contribution in [0.5, 0.6) is 11.6 Å². The number of aromatic hydroxyl groups is 1. The molecule has 0 bridgehead atoms. The van der Waals surface area contributed by atoms with Crippen molar-refractivity contribution in [2.75, 3.05) is 26.1 Å². The Balaban J connectivity index is 1.52. The van der Waals surface area contributed by atoms with Crippen molar-refractivity contribution >= 4 is 5.82 Å². The molecule has 0 spiro atoms. The number of hydrogen-bond donors (Lipinski definition) is 2. The van der Waals surface area contributed by atoms with E-state index in [1.165, 1.54) is 13.3 Å². The van der Waals surface area contributed by atoms with Gasteiger partial charge in [0.2, 0.25) is 5.88 Å². The van der Waals surface area contributed by atoms with Gasteiger partial charge >= 0.3 is 0 Å². The molecule has 0 saturated heterocycles. The molecule has 9 heteroatoms. The van der Waals surface area contributed by atoms with Gasteiger partial charge in [0, 0.05) is 24.2 Å². The van der Waals surface area contributed by atoms with Gasteiger partial charge in [-0.05, 0) is 57.0 Å². The van der Waals surface area contributed by atoms with Gasteiger partial charge in [-0.3, -0.25) is 0 Å². The van der Waals surface area contributed by atoms with Crippen LogP contribution in [0.1, 0.15) is 25.7 Å². The van der Waals surface area contributed by atoms with Gasteiger partial charge < -0.3 is 20.1 Å². The molecular weight excluding hydrogens is 423 g/mol. The van der Waals surface area contributed by atoms with Gasteiger partial charge in [-0.25, -0.2) is 14.4 Å². The summed E-state index contributed by atoms with van der Waals surface area (Å²) in [7, 11) is 5.31. The smallest absolute Gasteiger partial charge is 0.232 e. The Labute approximate surface area is 192 Å². The van der Waals surface area contributed by atoms with Gasteiger partial charge in [0.15, 0.2) is 5.82 Å². The van der Waals surface area contributed by atoms with Gasteiger partial charge in [-0.1, -0.05) is 6.07 Å². The SMILES string of the molecule is CN[C@H]1CCC[C@@H](F)[C@@H](N(C)c2ccc(-c3ccc(-c4cnc(OC)cn4)cc3O)nn2)C1. The first-order valence-electron chi connectivity index (χ1n) is 11.1. The van der Waals surface area contributed by atoms with E-state index >= 15 is 0 Å². The standard InChI is InChI=1S/C24H29FN6O2/c1-26-16-5-4-6-18(25)21(12-16)31(2)23-10-9-19(29-30-23)17-8-7-15(11-22(17)32)20-13-28-24(33-3)14-27-20/h7-11,13-14,16,18,21,26,32H,4-6,12H2,1-3H3/t16-,18+,21-/m0/s1. The number of phenolic OH excluding ortho intramolecular Hbond substituents is 1. The van der Waals surface area contributed by atoms with Crippen molar-refractivity contribution in [1.29, 1.82) is 0 Å². The summed E-state index contributed by atoms with van der Waals surface area (Å²) in [6.07, 6.45) is 5.32. The Kier molecular flexibility index (Phi) is 6.98. The van der Waals surface area contributed by atoms with Gasteiger partial charge in [-0.15, -0.1) is 10.2 Å². The zero-order valence-electron chi connectivity index (χ0n) is 19.1. The number of halogens is 1. The molecule has 4 rings (SSSR count). The number of methoxy groups -OCH3 is 1. The van der Waals surface area contributed by atoms with Gasteiger partial charge in [-0.2, -0.15) is 0 Å². The summed E-state index contributed by atoms with van der Waals surface area (Å²) in [6.45, 7) is 0. The Morgan fingerprint density at radius 1 is 1.09 bits per heavy atom. The van der Waals surface area contributed by atoms with E-state index in [0.29, 0.717) is 41.5 Å². The number of rotatable bonds is 6. The second-order valence-corrected chi connectivity index (χ2v) is 8.30. The lowest BCUT2D eigenvalue weighted by Gasteiger charge is -2.31. The summed E-state index contributed by atoms with van der Waals surface area (Å²) in [5.41, 5.74) is 2.42. The largest absolute Gasteiger partial charge is 0.507 e. The monoisotopic (exact) mass is 452 g/mol. The van der Waals surface area contributed by atoms with Gasteiger partial charge in [0.05, 0.1) is 36.9 Å². The maximum Gasteiger partial charge on any atom is 0.232 e. The highest BCUT2D eigenvalue weighted by Gasteiger charge is 2.31. The van der Waals surface area contributed by atoms with Crippen molar-refractivity contribution in [3.05, 3.63) is 42.7 Å². The molecular formula is C24H29FN6O2. The van der Waals surface area contributed by atoms with Crippen LogP contribution in [0.25, 0.3) is 22.5 Å². The minimum absolute atomic E-state index is 0.0602. The molecule has 0 radical (unpaired) electrons. The zero-order chi connectivity index (χ0) is 23.4. The van der Waals surface area contributed by atoms with E-state index in [1.54, 1.807) is 24.4 Å². The Hall–Kier alpha value is -3.33. The van der Waals surface area contributed by atoms with E-state index in [9.17, 15) is 9.50 Å². The number of phenols is 1. The number of nitrogens with zero attached hydrogens (tertiary/aromatic N) is 5. The topological polar surface area (TPSA) is 96.3 Å². The molecule has 1 aliphatic rings. The van der Waals surface area contributed by atoms with Crippen LogP contribution in [0.4, 0.5) is 10.2 Å². The number of hydrogen-bond acceptors (Lipinski definition) is 8. The summed E-state index contributed by atoms with van der Waals surface area (Å²) in [4.78, 5) is 10.3. The molecule has 2 aromatic heterocycles. The first kappa shape index (κ1) is 22.8. The maximum atomic E-state index is 14.8. The lowest BCUT2D eigenvalue weighted by atomic mass is 10.0. The number of ether oxygens (including phenoxy) is 1. The molecule has 0 aliphatic heterocycles. The van der Waals surface area contributed by atoms with Crippen molar-refractivity contribution in [2.24, 2.45) is 0 Å². The molecule has 0 amide bonds. The Bertz CT molecular complexity index is 1060. The number of alkyl halides is 1. The molecule has 1 fully saturated rings. The van der Waals surface area contributed by atoms with Crippen LogP contribution in [0, 0.1) is 0 Å². The average Bonchev–Trinajstić information content (AvgIpc) is 3.04. The molecule has 174 valence electrons. The Morgan fingerprint density at radius 3 is 2.58 bits per heavy atom. The second kappa shape index (κ2) is 10.1. The molecule has 2 heterocycles. The van der Waals surface area contributed by atoms with E-state index < -0.39 is 6.17 Å². The summed E-state index contributed by atoms with van der Waals surface area (Å²) in [5, 5.41) is 22.5. The van der Waals surface area contributed by atoms with Crippen molar-refractivity contribution in [2.45, 2.75) is 43.9 Å². The lowest BCUT2D eigenvalue weighted by Crippen LogP contribution is -2.43. The number of benzene rings is 1. The van der Waals surface area contributed by atoms with Crippen molar-refractivity contribution in [3.63, 3.8) is 0 Å². The minimum atomic E-state index is -0.910. The van der Waals surface area contributed by atoms with E-state index in [1.807, 2.05) is 31.1 Å². The fraction of sp³-hybridized carbons (Fsp3) is 0.417. The fourth-order valence-electron chi connectivity index (χ4n) is 4.28. The molecule has 8 nitrogen and oxygen atoms in total. The average molecular weight is 453 g/mol. The maximum absolute atomic E-state index is 14.8. The van der Waals surface area contributed by atoms with Crippen LogP contribution in [-0.4, -0.2) is 64.7 Å². The van der Waals surface area contributed by atoms with Crippen LogP contribution >= 0.6 is 0 Å². The van der Waals surface area contributed by atoms with E-state index in [4.69, 9.17) is 4.74 Å². The molecule has 1 aromatic carbocycles. The predicted molar refractivity (Wildman–Crippen MR) is 125 cm³/mol. The first-order valence-corrected chi connectivity index (χ1v) is 11.1. The predicted octanol–water partition coefficient (Wildman–Crippen LogP) is 3.62. The molecule has 2 N–H and O–H groups in total. The summed E-state index contributed by atoms with van der Waals surface area (Å²) in [6, 6.07) is 8.86. The van der Waals surface area contributed by atoms with Crippen molar-refractivity contribution in [3.8, 4) is 34.1 Å². The van der Waals surface area contributed by atoms with Crippen LogP contribution in [0.2, 0.25) is 0 Å². The van der Waals surface area contributed by atoms with Gasteiger partial charge in [0.25, 0.3) is 0 Å². The third kappa shape index (κ3) is 5.03. The third-order valence-electron chi connectivity index (χ3n) is 6.30. The van der Waals surface area contributed by atoms with E-state index in [2.05, 4.69) is 25.5 Å². The van der Waals surface area contributed by atoms with Crippen molar-refractivity contribution in [1.82, 2.24) is 25.5 Å². The van der Waals surface area contributed by atoms with Crippen LogP contribution in [-0.2, 0) is 0 Å². The highest BCUT2D eigenvalue weighted by molar-refractivity contribution is 5.73. The molecule has 1 saturated carbocycles. The van der Waals surface area contributed by atoms with E-state index in [0.717, 1.165) is 18.4 Å². The first-order chi connectivity index (χ1) is 16.0. The fourth-order valence-corrected chi connectivity index (χ4v) is 4.28. The quantitative estimate of drug-likeness (QED) is 0.548. The van der Waals surface area contributed by atoms with Crippen LogP contribution < -0.4 is 15.0 Å². The summed E-state index contributed by atoms with van der Waals surface area (Å²) >= 11 is 0. The minimum Gasteiger partial charge on any atom is -0.507 e. The molecule has 3 atom stereocenters. The molecule has 0 unspecified atom stereocenters. The summed E-state index contributed by atoms with van der Waals surface area (Å²) < 4.78 is 19.8. The van der Waals surface area contributed by atoms with E-state index in [-0.39, 0.29) is 17.8 Å². The zero-order valence-corrected chi connectivity index (χ0v) is 19.1. The molecule has 3 aromatic rings.